The molecule has 0 unspecified atom stereocenters. The number of methoxy groups -OCH3 is 1. The SMILES string of the molecule is COC(=O)c1c([N+](=O)[O-])ccc(F)c1CCO. The molecule has 0 amide bonds. The second kappa shape index (κ2) is 5.35. The third kappa shape index (κ3) is 2.56. The van der Waals surface area contributed by atoms with E-state index in [0.717, 1.165) is 19.2 Å². The van der Waals surface area contributed by atoms with Crippen molar-refractivity contribution in [3.63, 3.8) is 0 Å². The maximum atomic E-state index is 13.4. The van der Waals surface area contributed by atoms with E-state index in [2.05, 4.69) is 4.74 Å². The summed E-state index contributed by atoms with van der Waals surface area (Å²) < 4.78 is 17.8. The summed E-state index contributed by atoms with van der Waals surface area (Å²) in [6.07, 6.45) is -0.196. The zero-order valence-corrected chi connectivity index (χ0v) is 8.97. The number of ether oxygens (including phenoxy) is 1. The molecule has 1 rings (SSSR count). The van der Waals surface area contributed by atoms with Crippen LogP contribution in [0.25, 0.3) is 0 Å². The average Bonchev–Trinajstić information content (AvgIpc) is 2.30. The molecule has 1 N–H and O–H groups in total. The van der Waals surface area contributed by atoms with E-state index in [1.54, 1.807) is 0 Å². The van der Waals surface area contributed by atoms with E-state index in [1.165, 1.54) is 0 Å². The molecule has 0 bridgehead atoms. The lowest BCUT2D eigenvalue weighted by Gasteiger charge is -2.08. The molecular formula is C10H10FNO5. The molecule has 0 aromatic heterocycles. The summed E-state index contributed by atoms with van der Waals surface area (Å²) >= 11 is 0. The van der Waals surface area contributed by atoms with Gasteiger partial charge in [0.25, 0.3) is 5.69 Å². The Morgan fingerprint density at radius 1 is 1.59 bits per heavy atom. The minimum Gasteiger partial charge on any atom is -0.465 e. The lowest BCUT2D eigenvalue weighted by Crippen LogP contribution is -2.12. The summed E-state index contributed by atoms with van der Waals surface area (Å²) in [6, 6.07) is 1.78. The van der Waals surface area contributed by atoms with Gasteiger partial charge in [-0.05, 0) is 12.5 Å². The van der Waals surface area contributed by atoms with Gasteiger partial charge in [0.05, 0.1) is 12.0 Å². The molecule has 17 heavy (non-hydrogen) atoms. The molecular weight excluding hydrogens is 233 g/mol. The minimum absolute atomic E-state index is 0.196. The molecule has 7 heteroatoms. The van der Waals surface area contributed by atoms with Crippen molar-refractivity contribution in [3.05, 3.63) is 39.2 Å². The van der Waals surface area contributed by atoms with Crippen LogP contribution in [-0.4, -0.2) is 29.7 Å². The Bertz CT molecular complexity index is 460. The van der Waals surface area contributed by atoms with Gasteiger partial charge in [-0.1, -0.05) is 0 Å². The lowest BCUT2D eigenvalue weighted by molar-refractivity contribution is -0.385. The number of benzene rings is 1. The third-order valence-corrected chi connectivity index (χ3v) is 2.18. The molecule has 6 nitrogen and oxygen atoms in total. The molecule has 0 saturated heterocycles. The molecule has 0 aliphatic rings. The van der Waals surface area contributed by atoms with Crippen molar-refractivity contribution in [1.29, 1.82) is 0 Å². The molecule has 0 saturated carbocycles. The number of nitrogens with zero attached hydrogens (tertiary/aromatic N) is 1. The average molecular weight is 243 g/mol. The van der Waals surface area contributed by atoms with Gasteiger partial charge in [-0.2, -0.15) is 0 Å². The fourth-order valence-electron chi connectivity index (χ4n) is 1.45. The zero-order valence-electron chi connectivity index (χ0n) is 8.97. The number of rotatable bonds is 4. The maximum Gasteiger partial charge on any atom is 0.345 e. The Hall–Kier alpha value is -2.02. The zero-order chi connectivity index (χ0) is 13.0. The molecule has 0 aliphatic heterocycles. The van der Waals surface area contributed by atoms with Gasteiger partial charge >= 0.3 is 5.97 Å². The maximum absolute atomic E-state index is 13.4. The van der Waals surface area contributed by atoms with Crippen molar-refractivity contribution >= 4 is 11.7 Å². The van der Waals surface area contributed by atoms with Crippen LogP contribution in [0.5, 0.6) is 0 Å². The molecule has 0 heterocycles. The number of nitro benzene ring substituents is 1. The summed E-state index contributed by atoms with van der Waals surface area (Å²) in [5.41, 5.74) is -1.21. The predicted octanol–water partition coefficient (Wildman–Crippen LogP) is 1.06. The van der Waals surface area contributed by atoms with Crippen molar-refractivity contribution in [2.75, 3.05) is 13.7 Å². The van der Waals surface area contributed by atoms with Crippen LogP contribution in [0, 0.1) is 15.9 Å². The molecule has 0 atom stereocenters. The largest absolute Gasteiger partial charge is 0.465 e. The van der Waals surface area contributed by atoms with E-state index >= 15 is 0 Å². The minimum atomic E-state index is -1.00. The fraction of sp³-hybridized carbons (Fsp3) is 0.300. The van der Waals surface area contributed by atoms with E-state index in [1.807, 2.05) is 0 Å². The molecule has 1 aromatic rings. The Labute approximate surface area is 95.8 Å². The number of aliphatic hydroxyl groups excluding tert-OH is 1. The lowest BCUT2D eigenvalue weighted by atomic mass is 10.0. The highest BCUT2D eigenvalue weighted by Crippen LogP contribution is 2.26. The van der Waals surface area contributed by atoms with Crippen molar-refractivity contribution < 1.29 is 24.0 Å². The quantitative estimate of drug-likeness (QED) is 0.485. The molecule has 0 radical (unpaired) electrons. The van der Waals surface area contributed by atoms with Gasteiger partial charge in [0.2, 0.25) is 0 Å². The normalized spacial score (nSPS) is 10.1. The number of aliphatic hydroxyl groups is 1. The van der Waals surface area contributed by atoms with Gasteiger partial charge in [-0.3, -0.25) is 10.1 Å². The first-order chi connectivity index (χ1) is 8.02. The van der Waals surface area contributed by atoms with Crippen LogP contribution in [0.4, 0.5) is 10.1 Å². The fourth-order valence-corrected chi connectivity index (χ4v) is 1.45. The first-order valence-corrected chi connectivity index (χ1v) is 4.67. The number of hydrogen-bond acceptors (Lipinski definition) is 5. The first-order valence-electron chi connectivity index (χ1n) is 4.67. The summed E-state index contributed by atoms with van der Waals surface area (Å²) in [5, 5.41) is 19.5. The van der Waals surface area contributed by atoms with Gasteiger partial charge in [-0.25, -0.2) is 9.18 Å². The Balaban J connectivity index is 3.49. The number of halogens is 1. The monoisotopic (exact) mass is 243 g/mol. The van der Waals surface area contributed by atoms with Crippen molar-refractivity contribution in [3.8, 4) is 0 Å². The van der Waals surface area contributed by atoms with Crippen molar-refractivity contribution in [2.24, 2.45) is 0 Å². The van der Waals surface area contributed by atoms with E-state index in [4.69, 9.17) is 5.11 Å². The molecule has 0 spiro atoms. The molecule has 0 aliphatic carbocycles. The summed E-state index contributed by atoms with van der Waals surface area (Å²) in [7, 11) is 1.04. The standard InChI is InChI=1S/C10H10FNO5/c1-17-10(14)9-6(4-5-13)7(11)2-3-8(9)12(15)16/h2-3,13H,4-5H2,1H3. The first kappa shape index (κ1) is 13.0. The smallest absolute Gasteiger partial charge is 0.345 e. The van der Waals surface area contributed by atoms with Gasteiger partial charge in [0, 0.05) is 18.2 Å². The van der Waals surface area contributed by atoms with Crippen LogP contribution >= 0.6 is 0 Å². The van der Waals surface area contributed by atoms with Crippen LogP contribution in [0.2, 0.25) is 0 Å². The number of carbonyl (C=O) groups excluding carboxylic acids is 1. The number of carbonyl (C=O) groups is 1. The van der Waals surface area contributed by atoms with E-state index < -0.39 is 34.6 Å². The highest BCUT2D eigenvalue weighted by Gasteiger charge is 2.27. The van der Waals surface area contributed by atoms with Crippen molar-refractivity contribution in [2.45, 2.75) is 6.42 Å². The van der Waals surface area contributed by atoms with Crippen LogP contribution < -0.4 is 0 Å². The third-order valence-electron chi connectivity index (χ3n) is 2.18. The second-order valence-electron chi connectivity index (χ2n) is 3.14. The molecule has 1 aromatic carbocycles. The Morgan fingerprint density at radius 2 is 2.24 bits per heavy atom. The Kier molecular flexibility index (Phi) is 4.11. The molecule has 0 fully saturated rings. The van der Waals surface area contributed by atoms with Gasteiger partial charge in [-0.15, -0.1) is 0 Å². The summed E-state index contributed by atoms with van der Waals surface area (Å²) in [4.78, 5) is 21.3. The number of nitro groups is 1. The van der Waals surface area contributed by atoms with E-state index in [9.17, 15) is 19.3 Å². The van der Waals surface area contributed by atoms with Crippen LogP contribution in [-0.2, 0) is 11.2 Å². The van der Waals surface area contributed by atoms with Crippen LogP contribution in [0.15, 0.2) is 12.1 Å². The second-order valence-corrected chi connectivity index (χ2v) is 3.14. The number of esters is 1. The van der Waals surface area contributed by atoms with Crippen LogP contribution in [0.3, 0.4) is 0 Å². The van der Waals surface area contributed by atoms with Gasteiger partial charge in [0.1, 0.15) is 11.4 Å². The van der Waals surface area contributed by atoms with E-state index in [0.29, 0.717) is 0 Å². The van der Waals surface area contributed by atoms with E-state index in [-0.39, 0.29) is 12.0 Å². The predicted molar refractivity (Wildman–Crippen MR) is 55.2 cm³/mol. The highest BCUT2D eigenvalue weighted by atomic mass is 19.1. The summed E-state index contributed by atoms with van der Waals surface area (Å²) in [6.45, 7) is -0.428. The Morgan fingerprint density at radius 3 is 2.71 bits per heavy atom. The van der Waals surface area contributed by atoms with Gasteiger partial charge < -0.3 is 9.84 Å². The van der Waals surface area contributed by atoms with Crippen molar-refractivity contribution in [1.82, 2.24) is 0 Å². The highest BCUT2D eigenvalue weighted by molar-refractivity contribution is 5.95. The van der Waals surface area contributed by atoms with Gasteiger partial charge in [0.15, 0.2) is 0 Å². The summed E-state index contributed by atoms with van der Waals surface area (Å²) in [5.74, 6) is -1.79. The number of hydrogen-bond donors (Lipinski definition) is 1. The molecule has 92 valence electrons. The topological polar surface area (TPSA) is 89.7 Å². The van der Waals surface area contributed by atoms with Crippen LogP contribution in [0.1, 0.15) is 15.9 Å².